The Bertz CT molecular complexity index is 161. The van der Waals surface area contributed by atoms with Crippen LogP contribution in [0.25, 0.3) is 0 Å². The Hall–Kier alpha value is -0.220. The van der Waals surface area contributed by atoms with Crippen LogP contribution in [-0.2, 0) is 22.9 Å². The van der Waals surface area contributed by atoms with Crippen LogP contribution in [0.5, 0.6) is 0 Å². The maximum absolute atomic E-state index is 11.2. The molecule has 5 nitrogen and oxygen atoms in total. The minimum absolute atomic E-state index is 0.192. The molecule has 12 heavy (non-hydrogen) atoms. The van der Waals surface area contributed by atoms with Gasteiger partial charge in [-0.25, -0.2) is 4.57 Å². The van der Waals surface area contributed by atoms with Crippen molar-refractivity contribution in [3.8, 4) is 0 Å². The molecule has 0 aliphatic rings. The van der Waals surface area contributed by atoms with Crippen molar-refractivity contribution in [3.63, 3.8) is 0 Å². The summed E-state index contributed by atoms with van der Waals surface area (Å²) in [7, 11) is -0.857. The van der Waals surface area contributed by atoms with Gasteiger partial charge in [-0.15, -0.1) is 0 Å². The van der Waals surface area contributed by atoms with Crippen molar-refractivity contribution in [2.45, 2.75) is 12.8 Å². The summed E-state index contributed by atoms with van der Waals surface area (Å²) in [5.41, 5.74) is 0. The van der Waals surface area contributed by atoms with E-state index in [2.05, 4.69) is 9.05 Å². The lowest BCUT2D eigenvalue weighted by Gasteiger charge is -2.12. The number of carbonyl (C=O) groups excluding carboxylic acids is 1. The second-order valence-corrected chi connectivity index (χ2v) is 3.84. The smallest absolute Gasteiger partial charge is 0.303 e. The summed E-state index contributed by atoms with van der Waals surface area (Å²) in [6, 6.07) is 0. The zero-order chi connectivity index (χ0) is 9.45. The summed E-state index contributed by atoms with van der Waals surface area (Å²) < 4.78 is 24.9. The number of phosphoric ester groups is 1. The zero-order valence-electron chi connectivity index (χ0n) is 7.19. The molecule has 0 spiro atoms. The molecule has 0 saturated heterocycles. The van der Waals surface area contributed by atoms with Gasteiger partial charge in [0.25, 0.3) is 0 Å². The minimum atomic E-state index is -3.34. The standard InChI is InChI=1S/C6H13O5P/c1-9-12(8,10-2)11-6-4-3-5-7/h5H,3-4,6H2,1-2H3. The van der Waals surface area contributed by atoms with Crippen LogP contribution in [0.1, 0.15) is 12.8 Å². The lowest BCUT2D eigenvalue weighted by molar-refractivity contribution is -0.108. The van der Waals surface area contributed by atoms with E-state index in [1.807, 2.05) is 0 Å². The fourth-order valence-corrected chi connectivity index (χ4v) is 1.24. The number of hydrogen-bond acceptors (Lipinski definition) is 5. The number of hydrogen-bond donors (Lipinski definition) is 0. The fraction of sp³-hybridized carbons (Fsp3) is 0.833. The highest BCUT2D eigenvalue weighted by Gasteiger charge is 2.21. The molecule has 0 radical (unpaired) electrons. The summed E-state index contributed by atoms with van der Waals surface area (Å²) in [6.45, 7) is 0.192. The Kier molecular flexibility index (Phi) is 6.20. The molecule has 0 heterocycles. The predicted octanol–water partition coefficient (Wildman–Crippen LogP) is 1.38. The van der Waals surface area contributed by atoms with E-state index in [1.165, 1.54) is 14.2 Å². The van der Waals surface area contributed by atoms with Crippen molar-refractivity contribution >= 4 is 14.1 Å². The molecule has 0 fully saturated rings. The first-order chi connectivity index (χ1) is 5.68. The van der Waals surface area contributed by atoms with Gasteiger partial charge in [0.05, 0.1) is 6.61 Å². The van der Waals surface area contributed by atoms with Crippen LogP contribution in [-0.4, -0.2) is 27.1 Å². The van der Waals surface area contributed by atoms with Crippen molar-refractivity contribution < 1.29 is 22.9 Å². The molecule has 0 N–H and O–H groups in total. The van der Waals surface area contributed by atoms with Gasteiger partial charge in [-0.3, -0.25) is 13.6 Å². The molecule has 0 aromatic carbocycles. The van der Waals surface area contributed by atoms with E-state index in [1.54, 1.807) is 0 Å². The second-order valence-electron chi connectivity index (χ2n) is 1.95. The first-order valence-corrected chi connectivity index (χ1v) is 4.94. The molecule has 0 atom stereocenters. The maximum Gasteiger partial charge on any atom is 0.474 e. The third-order valence-corrected chi connectivity index (χ3v) is 2.56. The number of aldehydes is 1. The molecule has 72 valence electrons. The van der Waals surface area contributed by atoms with Crippen LogP contribution in [0.2, 0.25) is 0 Å². The van der Waals surface area contributed by atoms with E-state index in [0.29, 0.717) is 12.8 Å². The topological polar surface area (TPSA) is 61.8 Å². The van der Waals surface area contributed by atoms with Crippen molar-refractivity contribution in [2.24, 2.45) is 0 Å². The molecule has 0 saturated carbocycles. The summed E-state index contributed by atoms with van der Waals surface area (Å²) in [5.74, 6) is 0. The number of phosphoric acid groups is 1. The Morgan fingerprint density at radius 1 is 1.33 bits per heavy atom. The predicted molar refractivity (Wildman–Crippen MR) is 42.9 cm³/mol. The summed E-state index contributed by atoms with van der Waals surface area (Å²) >= 11 is 0. The molecule has 0 aromatic heterocycles. The first-order valence-electron chi connectivity index (χ1n) is 3.48. The van der Waals surface area contributed by atoms with Gasteiger partial charge in [0.2, 0.25) is 0 Å². The normalized spacial score (nSPS) is 11.5. The molecule has 0 aromatic rings. The second kappa shape index (κ2) is 6.31. The van der Waals surface area contributed by atoms with E-state index in [-0.39, 0.29) is 6.61 Å². The molecule has 0 unspecified atom stereocenters. The quantitative estimate of drug-likeness (QED) is 0.349. The fourth-order valence-electron chi connectivity index (χ4n) is 0.523. The average Bonchev–Trinajstić information content (AvgIpc) is 2.12. The van der Waals surface area contributed by atoms with Gasteiger partial charge in [-0.05, 0) is 6.42 Å². The van der Waals surface area contributed by atoms with Gasteiger partial charge >= 0.3 is 7.82 Å². The summed E-state index contributed by atoms with van der Waals surface area (Å²) in [5, 5.41) is 0. The van der Waals surface area contributed by atoms with E-state index in [9.17, 15) is 9.36 Å². The minimum Gasteiger partial charge on any atom is -0.303 e. The van der Waals surface area contributed by atoms with Crippen molar-refractivity contribution in [2.75, 3.05) is 20.8 Å². The van der Waals surface area contributed by atoms with Gasteiger partial charge < -0.3 is 4.79 Å². The lowest BCUT2D eigenvalue weighted by atomic mass is 10.4. The van der Waals surface area contributed by atoms with Gasteiger partial charge in [0.15, 0.2) is 0 Å². The van der Waals surface area contributed by atoms with Crippen molar-refractivity contribution in [3.05, 3.63) is 0 Å². The SMILES string of the molecule is COP(=O)(OC)OCCCC=O. The van der Waals surface area contributed by atoms with Gasteiger partial charge in [-0.2, -0.15) is 0 Å². The van der Waals surface area contributed by atoms with Crippen LogP contribution in [0.4, 0.5) is 0 Å². The van der Waals surface area contributed by atoms with Crippen LogP contribution >= 0.6 is 7.82 Å². The molecule has 0 bridgehead atoms. The lowest BCUT2D eigenvalue weighted by Crippen LogP contribution is -1.97. The third kappa shape index (κ3) is 4.62. The van der Waals surface area contributed by atoms with Crippen LogP contribution in [0, 0.1) is 0 Å². The van der Waals surface area contributed by atoms with E-state index < -0.39 is 7.82 Å². The van der Waals surface area contributed by atoms with E-state index >= 15 is 0 Å². The molecule has 0 aliphatic heterocycles. The number of carbonyl (C=O) groups is 1. The highest BCUT2D eigenvalue weighted by Crippen LogP contribution is 2.47. The maximum atomic E-state index is 11.2. The van der Waals surface area contributed by atoms with Gasteiger partial charge in [0.1, 0.15) is 6.29 Å². The molecule has 0 rings (SSSR count). The van der Waals surface area contributed by atoms with Crippen LogP contribution in [0.15, 0.2) is 0 Å². The molecule has 0 amide bonds. The summed E-state index contributed by atoms with van der Waals surface area (Å²) in [4.78, 5) is 9.88. The van der Waals surface area contributed by atoms with Crippen molar-refractivity contribution in [1.29, 1.82) is 0 Å². The van der Waals surface area contributed by atoms with E-state index in [0.717, 1.165) is 6.29 Å². The highest BCUT2D eigenvalue weighted by molar-refractivity contribution is 7.48. The van der Waals surface area contributed by atoms with Gasteiger partial charge in [0, 0.05) is 20.6 Å². The Balaban J connectivity index is 3.59. The van der Waals surface area contributed by atoms with E-state index in [4.69, 9.17) is 4.52 Å². The molecular weight excluding hydrogens is 183 g/mol. The first kappa shape index (κ1) is 11.8. The highest BCUT2D eigenvalue weighted by atomic mass is 31.2. The largest absolute Gasteiger partial charge is 0.474 e. The third-order valence-electron chi connectivity index (χ3n) is 1.16. The Labute approximate surface area is 71.6 Å². The Morgan fingerprint density at radius 3 is 2.33 bits per heavy atom. The van der Waals surface area contributed by atoms with Gasteiger partial charge in [-0.1, -0.05) is 0 Å². The average molecular weight is 196 g/mol. The zero-order valence-corrected chi connectivity index (χ0v) is 8.08. The molecular formula is C6H13O5P. The summed E-state index contributed by atoms with van der Waals surface area (Å²) in [6.07, 6.45) is 1.67. The monoisotopic (exact) mass is 196 g/mol. The van der Waals surface area contributed by atoms with Crippen LogP contribution < -0.4 is 0 Å². The number of rotatable bonds is 7. The molecule has 0 aliphatic carbocycles. The van der Waals surface area contributed by atoms with Crippen molar-refractivity contribution in [1.82, 2.24) is 0 Å². The Morgan fingerprint density at radius 2 is 1.92 bits per heavy atom. The van der Waals surface area contributed by atoms with Crippen LogP contribution in [0.3, 0.4) is 0 Å². The number of unbranched alkanes of at least 4 members (excludes halogenated alkanes) is 1. The molecule has 6 heteroatoms.